The Hall–Kier alpha value is -1.65. The van der Waals surface area contributed by atoms with E-state index in [0.29, 0.717) is 12.4 Å². The monoisotopic (exact) mass is 237 g/mol. The molecule has 1 N–H and O–H groups in total. The van der Waals surface area contributed by atoms with Crippen molar-refractivity contribution in [2.45, 2.75) is 33.6 Å². The molecule has 1 aromatic heterocycles. The number of aryl methyl sites for hydroxylation is 1. The first-order valence-corrected chi connectivity index (χ1v) is 5.76. The van der Waals surface area contributed by atoms with Crippen LogP contribution in [-0.2, 0) is 4.79 Å². The van der Waals surface area contributed by atoms with Crippen molar-refractivity contribution in [2.24, 2.45) is 0 Å². The number of carbonyl (C=O) groups is 1. The van der Waals surface area contributed by atoms with Gasteiger partial charge in [0.15, 0.2) is 0 Å². The second-order valence-corrected chi connectivity index (χ2v) is 4.29. The van der Waals surface area contributed by atoms with Crippen LogP contribution in [-0.4, -0.2) is 34.1 Å². The van der Waals surface area contributed by atoms with Gasteiger partial charge in [-0.1, -0.05) is 13.8 Å². The van der Waals surface area contributed by atoms with Crippen LogP contribution < -0.4 is 4.90 Å². The Morgan fingerprint density at radius 1 is 1.47 bits per heavy atom. The Kier molecular flexibility index (Phi) is 4.43. The summed E-state index contributed by atoms with van der Waals surface area (Å²) in [6.45, 7) is 8.42. The van der Waals surface area contributed by atoms with Gasteiger partial charge in [0.25, 0.3) is 0 Å². The van der Waals surface area contributed by atoms with Gasteiger partial charge in [-0.3, -0.25) is 4.79 Å². The molecule has 0 aliphatic carbocycles. The summed E-state index contributed by atoms with van der Waals surface area (Å²) >= 11 is 0. The minimum absolute atomic E-state index is 0.0372. The smallest absolute Gasteiger partial charge is 0.323 e. The van der Waals surface area contributed by atoms with E-state index in [0.717, 1.165) is 11.5 Å². The van der Waals surface area contributed by atoms with Crippen molar-refractivity contribution in [3.05, 3.63) is 17.6 Å². The van der Waals surface area contributed by atoms with E-state index in [1.54, 1.807) is 4.90 Å². The lowest BCUT2D eigenvalue weighted by atomic mass is 10.2. The minimum atomic E-state index is -0.853. The molecule has 1 rings (SSSR count). The molecule has 0 aromatic carbocycles. The normalized spacial score (nSPS) is 10.6. The summed E-state index contributed by atoms with van der Waals surface area (Å²) in [7, 11) is 0. The topological polar surface area (TPSA) is 66.3 Å². The molecular weight excluding hydrogens is 218 g/mol. The summed E-state index contributed by atoms with van der Waals surface area (Å²) < 4.78 is 0. The highest BCUT2D eigenvalue weighted by Gasteiger charge is 2.13. The summed E-state index contributed by atoms with van der Waals surface area (Å²) in [6, 6.07) is 1.82. The van der Waals surface area contributed by atoms with Gasteiger partial charge in [0.05, 0.1) is 0 Å². The third-order valence-electron chi connectivity index (χ3n) is 2.41. The first-order valence-electron chi connectivity index (χ1n) is 5.76. The van der Waals surface area contributed by atoms with Crippen LogP contribution in [0, 0.1) is 6.92 Å². The lowest BCUT2D eigenvalue weighted by Crippen LogP contribution is -2.30. The SMILES string of the molecule is CCN(CC(=O)O)c1cc(C)nc(C(C)C)n1. The number of aliphatic carboxylic acids is 1. The van der Waals surface area contributed by atoms with Crippen LogP contribution in [0.2, 0.25) is 0 Å². The van der Waals surface area contributed by atoms with E-state index in [1.165, 1.54) is 0 Å². The van der Waals surface area contributed by atoms with Gasteiger partial charge in [-0.05, 0) is 13.8 Å². The number of anilines is 1. The standard InChI is InChI=1S/C12H19N3O2/c1-5-15(7-11(16)17)10-6-9(4)13-12(14-10)8(2)3/h6,8H,5,7H2,1-4H3,(H,16,17). The number of nitrogens with zero attached hydrogens (tertiary/aromatic N) is 3. The van der Waals surface area contributed by atoms with Gasteiger partial charge in [-0.15, -0.1) is 0 Å². The van der Waals surface area contributed by atoms with Gasteiger partial charge >= 0.3 is 5.97 Å². The summed E-state index contributed by atoms with van der Waals surface area (Å²) in [5.74, 6) is 0.821. The maximum absolute atomic E-state index is 10.8. The van der Waals surface area contributed by atoms with Gasteiger partial charge in [-0.2, -0.15) is 0 Å². The molecule has 0 fully saturated rings. The van der Waals surface area contributed by atoms with Gasteiger partial charge in [0, 0.05) is 24.2 Å². The van der Waals surface area contributed by atoms with E-state index in [9.17, 15) is 4.79 Å². The summed E-state index contributed by atoms with van der Waals surface area (Å²) in [6.07, 6.45) is 0. The Labute approximate surface area is 102 Å². The van der Waals surface area contributed by atoms with E-state index >= 15 is 0 Å². The Morgan fingerprint density at radius 2 is 2.12 bits per heavy atom. The summed E-state index contributed by atoms with van der Waals surface area (Å²) in [5, 5.41) is 8.84. The van der Waals surface area contributed by atoms with Crippen molar-refractivity contribution >= 4 is 11.8 Å². The van der Waals surface area contributed by atoms with Crippen LogP contribution in [0.4, 0.5) is 5.82 Å². The fourth-order valence-corrected chi connectivity index (χ4v) is 1.51. The molecular formula is C12H19N3O2. The van der Waals surface area contributed by atoms with E-state index < -0.39 is 5.97 Å². The Morgan fingerprint density at radius 3 is 2.59 bits per heavy atom. The van der Waals surface area contributed by atoms with Crippen molar-refractivity contribution in [3.8, 4) is 0 Å². The van der Waals surface area contributed by atoms with E-state index in [4.69, 9.17) is 5.11 Å². The van der Waals surface area contributed by atoms with Crippen molar-refractivity contribution in [3.63, 3.8) is 0 Å². The highest BCUT2D eigenvalue weighted by molar-refractivity contribution is 5.73. The molecule has 5 nitrogen and oxygen atoms in total. The number of carboxylic acids is 1. The number of rotatable bonds is 5. The number of likely N-dealkylation sites (N-methyl/N-ethyl adjacent to an activating group) is 1. The minimum Gasteiger partial charge on any atom is -0.480 e. The molecule has 1 heterocycles. The number of carboxylic acid groups (broad SMARTS) is 1. The first-order chi connectivity index (χ1) is 7.93. The molecule has 0 aliphatic rings. The third kappa shape index (κ3) is 3.69. The molecule has 0 radical (unpaired) electrons. The average Bonchev–Trinajstić information content (AvgIpc) is 2.24. The van der Waals surface area contributed by atoms with Gasteiger partial charge in [0.2, 0.25) is 0 Å². The predicted molar refractivity (Wildman–Crippen MR) is 66.4 cm³/mol. The second-order valence-electron chi connectivity index (χ2n) is 4.29. The van der Waals surface area contributed by atoms with Crippen LogP contribution in [0.5, 0.6) is 0 Å². The van der Waals surface area contributed by atoms with Gasteiger partial charge < -0.3 is 10.0 Å². The molecule has 0 saturated carbocycles. The van der Waals surface area contributed by atoms with E-state index in [1.807, 2.05) is 33.8 Å². The maximum Gasteiger partial charge on any atom is 0.323 e. The Balaban J connectivity index is 3.06. The van der Waals surface area contributed by atoms with Crippen LogP contribution in [0.3, 0.4) is 0 Å². The molecule has 0 atom stereocenters. The fourth-order valence-electron chi connectivity index (χ4n) is 1.51. The lowest BCUT2D eigenvalue weighted by Gasteiger charge is -2.21. The molecule has 94 valence electrons. The average molecular weight is 237 g/mol. The number of hydrogen-bond acceptors (Lipinski definition) is 4. The van der Waals surface area contributed by atoms with Gasteiger partial charge in [0.1, 0.15) is 18.2 Å². The Bertz CT molecular complexity index is 405. The van der Waals surface area contributed by atoms with Crippen molar-refractivity contribution in [1.29, 1.82) is 0 Å². The van der Waals surface area contributed by atoms with E-state index in [-0.39, 0.29) is 12.5 Å². The zero-order chi connectivity index (χ0) is 13.0. The largest absolute Gasteiger partial charge is 0.480 e. The van der Waals surface area contributed by atoms with Crippen LogP contribution in [0.15, 0.2) is 6.07 Å². The van der Waals surface area contributed by atoms with Gasteiger partial charge in [-0.25, -0.2) is 9.97 Å². The van der Waals surface area contributed by atoms with Crippen LogP contribution in [0.1, 0.15) is 38.2 Å². The number of hydrogen-bond donors (Lipinski definition) is 1. The highest BCUT2D eigenvalue weighted by Crippen LogP contribution is 2.16. The first kappa shape index (κ1) is 13.4. The zero-order valence-electron chi connectivity index (χ0n) is 10.8. The van der Waals surface area contributed by atoms with Crippen molar-refractivity contribution in [1.82, 2.24) is 9.97 Å². The molecule has 0 saturated heterocycles. The molecule has 17 heavy (non-hydrogen) atoms. The van der Waals surface area contributed by atoms with Crippen LogP contribution >= 0.6 is 0 Å². The molecule has 0 aliphatic heterocycles. The lowest BCUT2D eigenvalue weighted by molar-refractivity contribution is -0.135. The summed E-state index contributed by atoms with van der Waals surface area (Å²) in [5.41, 5.74) is 0.863. The second kappa shape index (κ2) is 5.61. The van der Waals surface area contributed by atoms with Crippen LogP contribution in [0.25, 0.3) is 0 Å². The molecule has 5 heteroatoms. The predicted octanol–water partition coefficient (Wildman–Crippen LogP) is 1.82. The third-order valence-corrected chi connectivity index (χ3v) is 2.41. The van der Waals surface area contributed by atoms with E-state index in [2.05, 4.69) is 9.97 Å². The molecule has 0 unspecified atom stereocenters. The fraction of sp³-hybridized carbons (Fsp3) is 0.583. The number of aromatic nitrogens is 2. The molecule has 0 amide bonds. The maximum atomic E-state index is 10.8. The quantitative estimate of drug-likeness (QED) is 0.846. The van der Waals surface area contributed by atoms with Crippen molar-refractivity contribution < 1.29 is 9.90 Å². The zero-order valence-corrected chi connectivity index (χ0v) is 10.8. The highest BCUT2D eigenvalue weighted by atomic mass is 16.4. The summed E-state index contributed by atoms with van der Waals surface area (Å²) in [4.78, 5) is 21.2. The molecule has 0 spiro atoms. The van der Waals surface area contributed by atoms with Crippen molar-refractivity contribution in [2.75, 3.05) is 18.0 Å². The molecule has 0 bridgehead atoms. The molecule has 1 aromatic rings.